The van der Waals surface area contributed by atoms with Gasteiger partial charge >= 0.3 is 0 Å². The molecule has 2 nitrogen and oxygen atoms in total. The Morgan fingerprint density at radius 2 is 1.80 bits per heavy atom. The van der Waals surface area contributed by atoms with Gasteiger partial charge in [0.15, 0.2) is 0 Å². The van der Waals surface area contributed by atoms with Crippen molar-refractivity contribution in [1.82, 2.24) is 0 Å². The van der Waals surface area contributed by atoms with E-state index in [1.807, 2.05) is 19.1 Å². The van der Waals surface area contributed by atoms with Crippen LogP contribution in [-0.2, 0) is 6.42 Å². The van der Waals surface area contributed by atoms with E-state index >= 15 is 0 Å². The summed E-state index contributed by atoms with van der Waals surface area (Å²) in [6, 6.07) is 11.8. The summed E-state index contributed by atoms with van der Waals surface area (Å²) in [5.41, 5.74) is 6.99. The van der Waals surface area contributed by atoms with E-state index in [2.05, 4.69) is 12.1 Å². The first-order chi connectivity index (χ1) is 7.15. The van der Waals surface area contributed by atoms with Gasteiger partial charge in [0.1, 0.15) is 5.75 Å². The Balaban J connectivity index is 2.43. The van der Waals surface area contributed by atoms with Crippen molar-refractivity contribution in [3.05, 3.63) is 42.0 Å². The van der Waals surface area contributed by atoms with Gasteiger partial charge in [0.2, 0.25) is 0 Å². The Bertz CT molecular complexity index is 477. The topological polar surface area (TPSA) is 46.2 Å². The molecular weight excluding hydrogens is 186 g/mol. The third-order valence-corrected chi connectivity index (χ3v) is 2.45. The van der Waals surface area contributed by atoms with Crippen molar-refractivity contribution in [3.8, 4) is 5.75 Å². The van der Waals surface area contributed by atoms with Gasteiger partial charge in [-0.3, -0.25) is 0 Å². The van der Waals surface area contributed by atoms with E-state index < -0.39 is 0 Å². The predicted octanol–water partition coefficient (Wildman–Crippen LogP) is 2.44. The van der Waals surface area contributed by atoms with Crippen LogP contribution in [-0.4, -0.2) is 11.1 Å². The van der Waals surface area contributed by atoms with Crippen LogP contribution < -0.4 is 5.73 Å². The SMILES string of the molecule is CC(N)Cc1ccc2cc(O)ccc2c1. The zero-order valence-corrected chi connectivity index (χ0v) is 8.77. The molecule has 0 aromatic heterocycles. The Morgan fingerprint density at radius 3 is 2.53 bits per heavy atom. The standard InChI is InChI=1S/C13H15NO/c1-9(14)6-10-2-3-12-8-13(15)5-4-11(12)7-10/h2-5,7-9,15H,6,14H2,1H3. The zero-order chi connectivity index (χ0) is 10.8. The molecule has 0 aliphatic rings. The lowest BCUT2D eigenvalue weighted by Gasteiger charge is -2.06. The largest absolute Gasteiger partial charge is 0.508 e. The molecule has 2 aromatic carbocycles. The molecule has 0 saturated carbocycles. The summed E-state index contributed by atoms with van der Waals surface area (Å²) in [6.07, 6.45) is 0.886. The summed E-state index contributed by atoms with van der Waals surface area (Å²) in [4.78, 5) is 0. The van der Waals surface area contributed by atoms with Crippen LogP contribution in [0.1, 0.15) is 12.5 Å². The number of fused-ring (bicyclic) bond motifs is 1. The maximum Gasteiger partial charge on any atom is 0.116 e. The first-order valence-electron chi connectivity index (χ1n) is 5.12. The smallest absolute Gasteiger partial charge is 0.116 e. The highest BCUT2D eigenvalue weighted by Crippen LogP contribution is 2.21. The van der Waals surface area contributed by atoms with Crippen LogP contribution in [0.25, 0.3) is 10.8 Å². The fourth-order valence-corrected chi connectivity index (χ4v) is 1.78. The molecular formula is C13H15NO. The van der Waals surface area contributed by atoms with Crippen LogP contribution in [0.15, 0.2) is 36.4 Å². The molecule has 3 N–H and O–H groups in total. The average Bonchev–Trinajstić information content (AvgIpc) is 2.17. The summed E-state index contributed by atoms with van der Waals surface area (Å²) in [6.45, 7) is 2.00. The molecule has 0 heterocycles. The van der Waals surface area contributed by atoms with Crippen LogP contribution in [0.3, 0.4) is 0 Å². The van der Waals surface area contributed by atoms with Crippen molar-refractivity contribution in [3.63, 3.8) is 0 Å². The Kier molecular flexibility index (Phi) is 2.60. The molecule has 0 fully saturated rings. The highest BCUT2D eigenvalue weighted by Gasteiger charge is 2.00. The zero-order valence-electron chi connectivity index (χ0n) is 8.77. The molecule has 0 aliphatic carbocycles. The molecule has 2 heteroatoms. The van der Waals surface area contributed by atoms with Gasteiger partial charge in [-0.1, -0.05) is 24.3 Å². The van der Waals surface area contributed by atoms with Gasteiger partial charge in [0, 0.05) is 6.04 Å². The summed E-state index contributed by atoms with van der Waals surface area (Å²) in [5.74, 6) is 0.308. The lowest BCUT2D eigenvalue weighted by molar-refractivity contribution is 0.476. The Labute approximate surface area is 89.3 Å². The molecule has 2 aromatic rings. The van der Waals surface area contributed by atoms with E-state index in [0.29, 0.717) is 5.75 Å². The molecule has 0 spiro atoms. The molecule has 0 bridgehead atoms. The number of hydrogen-bond acceptors (Lipinski definition) is 2. The van der Waals surface area contributed by atoms with Gasteiger partial charge in [-0.15, -0.1) is 0 Å². The molecule has 0 aliphatic heterocycles. The third kappa shape index (κ3) is 2.28. The molecule has 1 unspecified atom stereocenters. The van der Waals surface area contributed by atoms with Crippen molar-refractivity contribution in [2.75, 3.05) is 0 Å². The van der Waals surface area contributed by atoms with Gasteiger partial charge in [0.25, 0.3) is 0 Å². The molecule has 0 saturated heterocycles. The maximum atomic E-state index is 9.32. The van der Waals surface area contributed by atoms with Crippen molar-refractivity contribution in [2.45, 2.75) is 19.4 Å². The normalized spacial score (nSPS) is 12.9. The van der Waals surface area contributed by atoms with Crippen LogP contribution in [0.5, 0.6) is 5.75 Å². The van der Waals surface area contributed by atoms with Crippen LogP contribution in [0, 0.1) is 0 Å². The Hall–Kier alpha value is -1.54. The Morgan fingerprint density at radius 1 is 1.13 bits per heavy atom. The van der Waals surface area contributed by atoms with Crippen LogP contribution in [0.4, 0.5) is 0 Å². The van der Waals surface area contributed by atoms with Gasteiger partial charge < -0.3 is 10.8 Å². The molecule has 2 rings (SSSR count). The number of nitrogens with two attached hydrogens (primary N) is 1. The van der Waals surface area contributed by atoms with E-state index in [9.17, 15) is 5.11 Å². The van der Waals surface area contributed by atoms with Crippen molar-refractivity contribution < 1.29 is 5.11 Å². The van der Waals surface area contributed by atoms with E-state index in [-0.39, 0.29) is 6.04 Å². The third-order valence-electron chi connectivity index (χ3n) is 2.45. The second kappa shape index (κ2) is 3.91. The molecule has 0 amide bonds. The molecule has 1 atom stereocenters. The summed E-state index contributed by atoms with van der Waals surface area (Å²) >= 11 is 0. The first-order valence-corrected chi connectivity index (χ1v) is 5.12. The number of aromatic hydroxyl groups is 1. The van der Waals surface area contributed by atoms with Crippen molar-refractivity contribution in [1.29, 1.82) is 0 Å². The maximum absolute atomic E-state index is 9.32. The predicted molar refractivity (Wildman–Crippen MR) is 63.0 cm³/mol. The van der Waals surface area contributed by atoms with E-state index in [4.69, 9.17) is 5.73 Å². The number of phenolic OH excluding ortho intramolecular Hbond substituents is 1. The fraction of sp³-hybridized carbons (Fsp3) is 0.231. The van der Waals surface area contributed by atoms with Gasteiger partial charge in [-0.25, -0.2) is 0 Å². The minimum Gasteiger partial charge on any atom is -0.508 e. The van der Waals surface area contributed by atoms with Gasteiger partial charge in [-0.05, 0) is 41.8 Å². The average molecular weight is 201 g/mol. The molecule has 0 radical (unpaired) electrons. The van der Waals surface area contributed by atoms with E-state index in [0.717, 1.165) is 17.2 Å². The number of rotatable bonds is 2. The van der Waals surface area contributed by atoms with Crippen LogP contribution >= 0.6 is 0 Å². The molecule has 78 valence electrons. The number of benzene rings is 2. The monoisotopic (exact) mass is 201 g/mol. The van der Waals surface area contributed by atoms with Crippen LogP contribution in [0.2, 0.25) is 0 Å². The molecule has 15 heavy (non-hydrogen) atoms. The summed E-state index contributed by atoms with van der Waals surface area (Å²) < 4.78 is 0. The highest BCUT2D eigenvalue weighted by molar-refractivity contribution is 5.84. The fourth-order valence-electron chi connectivity index (χ4n) is 1.78. The van der Waals surface area contributed by atoms with E-state index in [1.54, 1.807) is 12.1 Å². The highest BCUT2D eigenvalue weighted by atomic mass is 16.3. The lowest BCUT2D eigenvalue weighted by Crippen LogP contribution is -2.17. The van der Waals surface area contributed by atoms with Gasteiger partial charge in [-0.2, -0.15) is 0 Å². The number of hydrogen-bond donors (Lipinski definition) is 2. The van der Waals surface area contributed by atoms with Gasteiger partial charge in [0.05, 0.1) is 0 Å². The lowest BCUT2D eigenvalue weighted by atomic mass is 10.0. The second-order valence-corrected chi connectivity index (χ2v) is 4.05. The second-order valence-electron chi connectivity index (χ2n) is 4.05. The van der Waals surface area contributed by atoms with Crippen molar-refractivity contribution in [2.24, 2.45) is 5.73 Å². The summed E-state index contributed by atoms with van der Waals surface area (Å²) in [5, 5.41) is 11.5. The summed E-state index contributed by atoms with van der Waals surface area (Å²) in [7, 11) is 0. The first kappa shape index (κ1) is 9.99. The number of phenols is 1. The van der Waals surface area contributed by atoms with E-state index in [1.165, 1.54) is 5.56 Å². The minimum atomic E-state index is 0.180. The quantitative estimate of drug-likeness (QED) is 0.783. The van der Waals surface area contributed by atoms with Crippen molar-refractivity contribution >= 4 is 10.8 Å². The minimum absolute atomic E-state index is 0.180.